The van der Waals surface area contributed by atoms with E-state index in [1.165, 1.54) is 25.7 Å². The molecule has 6 nitrogen and oxygen atoms in total. The lowest BCUT2D eigenvalue weighted by Crippen LogP contribution is -2.26. The molecule has 0 aliphatic heterocycles. The predicted molar refractivity (Wildman–Crippen MR) is 75.4 cm³/mol. The van der Waals surface area contributed by atoms with Gasteiger partial charge in [-0.3, -0.25) is 0 Å². The SMILES string of the molecule is CC(C)(C)n1nc(C2CCCC2)nc1Cn1ccnn1. The maximum Gasteiger partial charge on any atom is 0.154 e. The fourth-order valence-corrected chi connectivity index (χ4v) is 2.82. The first-order valence-electron chi connectivity index (χ1n) is 7.34. The molecule has 0 aromatic carbocycles. The minimum absolute atomic E-state index is 0.0697. The standard InChI is InChI=1S/C14H22N6/c1-14(2,3)20-12(10-19-9-8-15-18-19)16-13(17-20)11-6-4-5-7-11/h8-9,11H,4-7,10H2,1-3H3. The van der Waals surface area contributed by atoms with E-state index in [0.29, 0.717) is 12.5 Å². The molecule has 0 spiro atoms. The third-order valence-electron chi connectivity index (χ3n) is 3.82. The number of rotatable bonds is 3. The van der Waals surface area contributed by atoms with Crippen LogP contribution < -0.4 is 0 Å². The Hall–Kier alpha value is -1.72. The third kappa shape index (κ3) is 2.59. The summed E-state index contributed by atoms with van der Waals surface area (Å²) in [7, 11) is 0. The molecule has 0 N–H and O–H groups in total. The molecule has 108 valence electrons. The van der Waals surface area contributed by atoms with Crippen LogP contribution in [0.25, 0.3) is 0 Å². The van der Waals surface area contributed by atoms with Gasteiger partial charge in [-0.15, -0.1) is 5.10 Å². The van der Waals surface area contributed by atoms with Crippen molar-refractivity contribution >= 4 is 0 Å². The maximum atomic E-state index is 4.80. The van der Waals surface area contributed by atoms with Gasteiger partial charge in [0.1, 0.15) is 12.4 Å². The van der Waals surface area contributed by atoms with E-state index >= 15 is 0 Å². The highest BCUT2D eigenvalue weighted by molar-refractivity contribution is 5.04. The Morgan fingerprint density at radius 1 is 1.25 bits per heavy atom. The Morgan fingerprint density at radius 3 is 2.60 bits per heavy atom. The van der Waals surface area contributed by atoms with Crippen molar-refractivity contribution in [1.29, 1.82) is 0 Å². The summed E-state index contributed by atoms with van der Waals surface area (Å²) in [6.07, 6.45) is 8.58. The molecule has 2 aromatic rings. The summed E-state index contributed by atoms with van der Waals surface area (Å²) < 4.78 is 3.84. The summed E-state index contributed by atoms with van der Waals surface area (Å²) in [6.45, 7) is 7.10. The molecule has 0 amide bonds. The molecule has 0 unspecified atom stereocenters. The van der Waals surface area contributed by atoms with Gasteiger partial charge in [-0.05, 0) is 33.6 Å². The minimum atomic E-state index is -0.0697. The highest BCUT2D eigenvalue weighted by atomic mass is 15.4. The second kappa shape index (κ2) is 5.00. The molecule has 1 aliphatic rings. The first kappa shape index (κ1) is 13.3. The molecule has 6 heteroatoms. The van der Waals surface area contributed by atoms with Crippen LogP contribution in [0.3, 0.4) is 0 Å². The Labute approximate surface area is 119 Å². The molecule has 2 heterocycles. The Kier molecular flexibility index (Phi) is 3.31. The van der Waals surface area contributed by atoms with Gasteiger partial charge in [-0.25, -0.2) is 14.3 Å². The van der Waals surface area contributed by atoms with Crippen LogP contribution in [0.5, 0.6) is 0 Å². The molecule has 1 aliphatic carbocycles. The fourth-order valence-electron chi connectivity index (χ4n) is 2.82. The van der Waals surface area contributed by atoms with Crippen LogP contribution in [0, 0.1) is 0 Å². The van der Waals surface area contributed by atoms with Crippen LogP contribution in [0.15, 0.2) is 12.4 Å². The molecule has 1 saturated carbocycles. The van der Waals surface area contributed by atoms with Gasteiger partial charge in [0.05, 0.1) is 11.7 Å². The lowest BCUT2D eigenvalue weighted by atomic mass is 10.1. The molecule has 20 heavy (non-hydrogen) atoms. The van der Waals surface area contributed by atoms with E-state index in [-0.39, 0.29) is 5.54 Å². The summed E-state index contributed by atoms with van der Waals surface area (Å²) in [5.41, 5.74) is -0.0697. The van der Waals surface area contributed by atoms with Crippen LogP contribution in [0.4, 0.5) is 0 Å². The second-order valence-corrected chi connectivity index (χ2v) is 6.55. The molecule has 0 saturated heterocycles. The van der Waals surface area contributed by atoms with Crippen LogP contribution in [-0.4, -0.2) is 29.8 Å². The van der Waals surface area contributed by atoms with E-state index in [0.717, 1.165) is 11.6 Å². The van der Waals surface area contributed by atoms with Gasteiger partial charge >= 0.3 is 0 Å². The van der Waals surface area contributed by atoms with Gasteiger partial charge in [0.2, 0.25) is 0 Å². The van der Waals surface area contributed by atoms with Gasteiger partial charge in [0.15, 0.2) is 5.82 Å². The molecular weight excluding hydrogens is 252 g/mol. The van der Waals surface area contributed by atoms with Crippen molar-refractivity contribution in [3.8, 4) is 0 Å². The normalized spacial score (nSPS) is 16.9. The van der Waals surface area contributed by atoms with Gasteiger partial charge in [0.25, 0.3) is 0 Å². The minimum Gasteiger partial charge on any atom is -0.245 e. The number of nitrogens with zero attached hydrogens (tertiary/aromatic N) is 6. The smallest absolute Gasteiger partial charge is 0.154 e. The lowest BCUT2D eigenvalue weighted by molar-refractivity contribution is 0.334. The summed E-state index contributed by atoms with van der Waals surface area (Å²) in [6, 6.07) is 0. The number of hydrogen-bond acceptors (Lipinski definition) is 4. The first-order chi connectivity index (χ1) is 9.54. The van der Waals surface area contributed by atoms with Crippen molar-refractivity contribution in [1.82, 2.24) is 29.8 Å². The van der Waals surface area contributed by atoms with Crippen molar-refractivity contribution in [3.05, 3.63) is 24.0 Å². The van der Waals surface area contributed by atoms with Crippen molar-refractivity contribution in [2.24, 2.45) is 0 Å². The monoisotopic (exact) mass is 274 g/mol. The number of hydrogen-bond donors (Lipinski definition) is 0. The summed E-state index contributed by atoms with van der Waals surface area (Å²) >= 11 is 0. The third-order valence-corrected chi connectivity index (χ3v) is 3.82. The van der Waals surface area contributed by atoms with Crippen LogP contribution in [0.1, 0.15) is 64.0 Å². The Balaban J connectivity index is 1.93. The average molecular weight is 274 g/mol. The second-order valence-electron chi connectivity index (χ2n) is 6.55. The average Bonchev–Trinajstić information content (AvgIpc) is 3.08. The fraction of sp³-hybridized carbons (Fsp3) is 0.714. The highest BCUT2D eigenvalue weighted by Gasteiger charge is 2.26. The largest absolute Gasteiger partial charge is 0.245 e. The summed E-state index contributed by atoms with van der Waals surface area (Å²) in [5.74, 6) is 2.51. The predicted octanol–water partition coefficient (Wildman–Crippen LogP) is 2.33. The Bertz CT molecular complexity index is 557. The lowest BCUT2D eigenvalue weighted by Gasteiger charge is -2.21. The topological polar surface area (TPSA) is 61.4 Å². The zero-order chi connectivity index (χ0) is 14.2. The van der Waals surface area contributed by atoms with Crippen molar-refractivity contribution in [3.63, 3.8) is 0 Å². The molecule has 2 aromatic heterocycles. The molecule has 0 radical (unpaired) electrons. The summed E-state index contributed by atoms with van der Waals surface area (Å²) in [4.78, 5) is 4.80. The van der Waals surface area contributed by atoms with Gasteiger partial charge in [-0.2, -0.15) is 5.10 Å². The summed E-state index contributed by atoms with van der Waals surface area (Å²) in [5, 5.41) is 12.7. The van der Waals surface area contributed by atoms with E-state index in [9.17, 15) is 0 Å². The van der Waals surface area contributed by atoms with E-state index < -0.39 is 0 Å². The van der Waals surface area contributed by atoms with Gasteiger partial charge in [0, 0.05) is 12.1 Å². The van der Waals surface area contributed by atoms with E-state index in [2.05, 4.69) is 31.1 Å². The van der Waals surface area contributed by atoms with Gasteiger partial charge < -0.3 is 0 Å². The Morgan fingerprint density at radius 2 is 2.00 bits per heavy atom. The quantitative estimate of drug-likeness (QED) is 0.862. The first-order valence-corrected chi connectivity index (χ1v) is 7.34. The van der Waals surface area contributed by atoms with E-state index in [1.807, 2.05) is 10.9 Å². The highest BCUT2D eigenvalue weighted by Crippen LogP contribution is 2.33. The molecule has 3 rings (SSSR count). The molecule has 1 fully saturated rings. The van der Waals surface area contributed by atoms with Crippen LogP contribution in [0.2, 0.25) is 0 Å². The zero-order valence-corrected chi connectivity index (χ0v) is 12.5. The zero-order valence-electron chi connectivity index (χ0n) is 12.5. The van der Waals surface area contributed by atoms with E-state index in [1.54, 1.807) is 10.9 Å². The van der Waals surface area contributed by atoms with Crippen molar-refractivity contribution in [2.75, 3.05) is 0 Å². The van der Waals surface area contributed by atoms with Gasteiger partial charge in [-0.1, -0.05) is 18.1 Å². The van der Waals surface area contributed by atoms with E-state index in [4.69, 9.17) is 10.1 Å². The molecule has 0 bridgehead atoms. The molecule has 0 atom stereocenters. The van der Waals surface area contributed by atoms with Crippen molar-refractivity contribution < 1.29 is 0 Å². The van der Waals surface area contributed by atoms with Crippen molar-refractivity contribution in [2.45, 2.75) is 64.5 Å². The van der Waals surface area contributed by atoms with Crippen LogP contribution >= 0.6 is 0 Å². The number of aromatic nitrogens is 6. The van der Waals surface area contributed by atoms with Crippen LogP contribution in [-0.2, 0) is 12.1 Å². The molecular formula is C14H22N6. The maximum absolute atomic E-state index is 4.80.